The zero-order valence-corrected chi connectivity index (χ0v) is 9.49. The number of hydrogen-bond donors (Lipinski definition) is 1. The Bertz CT molecular complexity index is 120. The molecule has 0 saturated heterocycles. The summed E-state index contributed by atoms with van der Waals surface area (Å²) in [5.41, 5.74) is 5.56. The lowest BCUT2D eigenvalue weighted by Gasteiger charge is -2.14. The first-order valence-corrected chi connectivity index (χ1v) is 5.10. The normalized spacial score (nSPS) is 15.4. The van der Waals surface area contributed by atoms with Crippen LogP contribution in [0.15, 0.2) is 0 Å². The van der Waals surface area contributed by atoms with Crippen molar-refractivity contribution >= 4 is 0 Å². The molecule has 0 amide bonds. The van der Waals surface area contributed by atoms with Crippen LogP contribution in [0, 0.1) is 0 Å². The zero-order chi connectivity index (χ0) is 10.8. The average Bonchev–Trinajstić information content (AvgIpc) is 2.14. The summed E-state index contributed by atoms with van der Waals surface area (Å²) in [4.78, 5) is 0. The molecule has 0 bridgehead atoms. The van der Waals surface area contributed by atoms with Gasteiger partial charge in [0.25, 0.3) is 0 Å². The fourth-order valence-electron chi connectivity index (χ4n) is 0.893. The van der Waals surface area contributed by atoms with Crippen LogP contribution in [-0.2, 0) is 14.2 Å². The van der Waals surface area contributed by atoms with Crippen LogP contribution < -0.4 is 5.73 Å². The molecule has 0 saturated carbocycles. The highest BCUT2D eigenvalue weighted by atomic mass is 16.5. The van der Waals surface area contributed by atoms with Crippen molar-refractivity contribution in [3.63, 3.8) is 0 Å². The second-order valence-electron chi connectivity index (χ2n) is 3.52. The van der Waals surface area contributed by atoms with Crippen LogP contribution in [0.4, 0.5) is 0 Å². The summed E-state index contributed by atoms with van der Waals surface area (Å²) in [6.45, 7) is 6.58. The molecule has 0 aromatic carbocycles. The lowest BCUT2D eigenvalue weighted by molar-refractivity contribution is 0.0163. The summed E-state index contributed by atoms with van der Waals surface area (Å²) in [6, 6.07) is 0.104. The van der Waals surface area contributed by atoms with Gasteiger partial charge in [0, 0.05) is 19.8 Å². The van der Waals surface area contributed by atoms with E-state index >= 15 is 0 Å². The second-order valence-corrected chi connectivity index (χ2v) is 3.52. The van der Waals surface area contributed by atoms with E-state index in [1.165, 1.54) is 0 Å². The molecule has 0 spiro atoms. The highest BCUT2D eigenvalue weighted by Crippen LogP contribution is 1.98. The van der Waals surface area contributed by atoms with Crippen molar-refractivity contribution in [3.05, 3.63) is 0 Å². The Morgan fingerprint density at radius 3 is 2.43 bits per heavy atom. The molecule has 2 N–H and O–H groups in total. The highest BCUT2D eigenvalue weighted by Gasteiger charge is 2.03. The Labute approximate surface area is 86.7 Å². The zero-order valence-electron chi connectivity index (χ0n) is 9.49. The van der Waals surface area contributed by atoms with E-state index in [0.29, 0.717) is 26.4 Å². The molecule has 0 rings (SSSR count). The fourth-order valence-corrected chi connectivity index (χ4v) is 0.893. The topological polar surface area (TPSA) is 53.7 Å². The van der Waals surface area contributed by atoms with Crippen LogP contribution in [0.5, 0.6) is 0 Å². The van der Waals surface area contributed by atoms with Crippen molar-refractivity contribution in [1.82, 2.24) is 0 Å². The minimum absolute atomic E-state index is 0.104. The molecular weight excluding hydrogens is 182 g/mol. The maximum atomic E-state index is 5.56. The van der Waals surface area contributed by atoms with Gasteiger partial charge in [0.05, 0.1) is 25.9 Å². The Morgan fingerprint density at radius 2 is 1.86 bits per heavy atom. The van der Waals surface area contributed by atoms with Crippen LogP contribution in [-0.4, -0.2) is 45.7 Å². The lowest BCUT2D eigenvalue weighted by Crippen LogP contribution is -2.25. The molecule has 2 unspecified atom stereocenters. The summed E-state index contributed by atoms with van der Waals surface area (Å²) in [5, 5.41) is 0. The quantitative estimate of drug-likeness (QED) is 0.565. The van der Waals surface area contributed by atoms with Gasteiger partial charge in [-0.2, -0.15) is 0 Å². The molecule has 0 aromatic rings. The number of nitrogens with two attached hydrogens (primary N) is 1. The Morgan fingerprint density at radius 1 is 1.14 bits per heavy atom. The SMILES string of the molecule is COCCOCCC(C)OCC(C)N. The van der Waals surface area contributed by atoms with Crippen molar-refractivity contribution < 1.29 is 14.2 Å². The summed E-state index contributed by atoms with van der Waals surface area (Å²) in [7, 11) is 1.66. The highest BCUT2D eigenvalue weighted by molar-refractivity contribution is 4.54. The molecule has 0 aromatic heterocycles. The number of ether oxygens (including phenoxy) is 3. The molecule has 14 heavy (non-hydrogen) atoms. The third kappa shape index (κ3) is 9.92. The molecule has 0 aliphatic carbocycles. The molecule has 0 aliphatic rings. The van der Waals surface area contributed by atoms with E-state index in [1.54, 1.807) is 7.11 Å². The predicted octanol–water partition coefficient (Wildman–Crippen LogP) is 0.792. The van der Waals surface area contributed by atoms with E-state index in [9.17, 15) is 0 Å². The Hall–Kier alpha value is -0.160. The monoisotopic (exact) mass is 205 g/mol. The van der Waals surface area contributed by atoms with E-state index in [4.69, 9.17) is 19.9 Å². The van der Waals surface area contributed by atoms with Crippen molar-refractivity contribution in [3.8, 4) is 0 Å². The Balaban J connectivity index is 3.14. The molecule has 4 heteroatoms. The van der Waals surface area contributed by atoms with Crippen LogP contribution in [0.25, 0.3) is 0 Å². The van der Waals surface area contributed by atoms with Gasteiger partial charge in [0.15, 0.2) is 0 Å². The summed E-state index contributed by atoms with van der Waals surface area (Å²) in [6.07, 6.45) is 1.11. The molecule has 2 atom stereocenters. The van der Waals surface area contributed by atoms with Crippen LogP contribution >= 0.6 is 0 Å². The lowest BCUT2D eigenvalue weighted by atomic mass is 10.3. The van der Waals surface area contributed by atoms with Gasteiger partial charge in [-0.3, -0.25) is 0 Å². The van der Waals surface area contributed by atoms with Crippen LogP contribution in [0.3, 0.4) is 0 Å². The van der Waals surface area contributed by atoms with Gasteiger partial charge in [-0.25, -0.2) is 0 Å². The van der Waals surface area contributed by atoms with E-state index in [2.05, 4.69) is 0 Å². The minimum Gasteiger partial charge on any atom is -0.382 e. The first-order valence-electron chi connectivity index (χ1n) is 5.10. The van der Waals surface area contributed by atoms with Gasteiger partial charge in [-0.05, 0) is 20.3 Å². The third-order valence-corrected chi connectivity index (χ3v) is 1.74. The third-order valence-electron chi connectivity index (χ3n) is 1.74. The van der Waals surface area contributed by atoms with Gasteiger partial charge in [0.1, 0.15) is 0 Å². The van der Waals surface area contributed by atoms with Crippen molar-refractivity contribution in [2.24, 2.45) is 5.73 Å². The maximum Gasteiger partial charge on any atom is 0.0700 e. The smallest absolute Gasteiger partial charge is 0.0700 e. The van der Waals surface area contributed by atoms with Gasteiger partial charge in [-0.15, -0.1) is 0 Å². The number of methoxy groups -OCH3 is 1. The average molecular weight is 205 g/mol. The molecule has 86 valence electrons. The van der Waals surface area contributed by atoms with Crippen molar-refractivity contribution in [2.75, 3.05) is 33.5 Å². The summed E-state index contributed by atoms with van der Waals surface area (Å²) >= 11 is 0. The maximum absolute atomic E-state index is 5.56. The number of hydrogen-bond acceptors (Lipinski definition) is 4. The van der Waals surface area contributed by atoms with E-state index in [0.717, 1.165) is 6.42 Å². The standard InChI is InChI=1S/C10H23NO3/c1-9(11)8-14-10(2)4-5-13-7-6-12-3/h9-10H,4-8,11H2,1-3H3. The molecule has 0 aliphatic heterocycles. The van der Waals surface area contributed by atoms with E-state index in [-0.39, 0.29) is 12.1 Å². The van der Waals surface area contributed by atoms with Crippen molar-refractivity contribution in [2.45, 2.75) is 32.4 Å². The summed E-state index contributed by atoms with van der Waals surface area (Å²) < 4.78 is 15.6. The molecule has 0 radical (unpaired) electrons. The van der Waals surface area contributed by atoms with E-state index in [1.807, 2.05) is 13.8 Å². The predicted molar refractivity (Wildman–Crippen MR) is 56.4 cm³/mol. The fraction of sp³-hybridized carbons (Fsp3) is 1.00. The van der Waals surface area contributed by atoms with Crippen LogP contribution in [0.1, 0.15) is 20.3 Å². The second kappa shape index (κ2) is 9.40. The Kier molecular flexibility index (Phi) is 9.29. The van der Waals surface area contributed by atoms with Gasteiger partial charge in [-0.1, -0.05) is 0 Å². The first kappa shape index (κ1) is 13.8. The van der Waals surface area contributed by atoms with Crippen LogP contribution in [0.2, 0.25) is 0 Å². The number of rotatable bonds is 9. The van der Waals surface area contributed by atoms with Gasteiger partial charge >= 0.3 is 0 Å². The van der Waals surface area contributed by atoms with Gasteiger partial charge in [0.2, 0.25) is 0 Å². The van der Waals surface area contributed by atoms with E-state index < -0.39 is 0 Å². The van der Waals surface area contributed by atoms with Gasteiger partial charge < -0.3 is 19.9 Å². The molecule has 0 fully saturated rings. The molecular formula is C10H23NO3. The van der Waals surface area contributed by atoms with Crippen molar-refractivity contribution in [1.29, 1.82) is 0 Å². The minimum atomic E-state index is 0.104. The summed E-state index contributed by atoms with van der Waals surface area (Å²) in [5.74, 6) is 0. The molecule has 4 nitrogen and oxygen atoms in total. The largest absolute Gasteiger partial charge is 0.382 e. The molecule has 0 heterocycles. The first-order chi connectivity index (χ1) is 6.66.